The Hall–Kier alpha value is -2.26. The largest absolute Gasteiger partial charge is 1.00 e. The second kappa shape index (κ2) is 12.1. The number of hydrogen-bond donors (Lipinski definition) is 1. The summed E-state index contributed by atoms with van der Waals surface area (Å²) in [5, 5.41) is 21.6. The third-order valence-corrected chi connectivity index (χ3v) is 5.97. The van der Waals surface area contributed by atoms with E-state index in [0.717, 1.165) is 0 Å². The van der Waals surface area contributed by atoms with Crippen molar-refractivity contribution in [2.45, 2.75) is 12.3 Å². The van der Waals surface area contributed by atoms with Gasteiger partial charge in [-0.25, -0.2) is 0 Å². The molecule has 1 amide bonds. The van der Waals surface area contributed by atoms with Crippen molar-refractivity contribution in [3.05, 3.63) is 81.8 Å². The number of hydrogen-bond acceptors (Lipinski definition) is 6. The normalized spacial score (nSPS) is 14.2. The first-order valence-electron chi connectivity index (χ1n) is 10.5. The van der Waals surface area contributed by atoms with Crippen LogP contribution < -0.4 is 49.0 Å². The van der Waals surface area contributed by atoms with Crippen LogP contribution >= 0.6 is 23.2 Å². The molecule has 1 unspecified atom stereocenters. The number of ether oxygens (including phenoxy) is 2. The van der Waals surface area contributed by atoms with Gasteiger partial charge in [0.1, 0.15) is 17.2 Å². The van der Waals surface area contributed by atoms with Crippen molar-refractivity contribution in [2.24, 2.45) is 0 Å². The monoisotopic (exact) mass is 523 g/mol. The molecule has 1 atom stereocenters. The van der Waals surface area contributed by atoms with Crippen LogP contribution in [0.25, 0.3) is 0 Å². The number of carboxylic acids is 1. The maximum Gasteiger partial charge on any atom is 1.00 e. The predicted molar refractivity (Wildman–Crippen MR) is 126 cm³/mol. The molecule has 0 saturated heterocycles. The van der Waals surface area contributed by atoms with Gasteiger partial charge in [-0.3, -0.25) is 4.79 Å². The number of halogens is 2. The number of carbonyl (C=O) groups excluding carboxylic acids is 2. The van der Waals surface area contributed by atoms with E-state index >= 15 is 0 Å². The van der Waals surface area contributed by atoms with E-state index in [0.29, 0.717) is 45.5 Å². The molecular weight excluding hydrogens is 504 g/mol. The van der Waals surface area contributed by atoms with Gasteiger partial charge in [0.25, 0.3) is 5.91 Å². The summed E-state index contributed by atoms with van der Waals surface area (Å²) < 4.78 is 11.4. The molecule has 3 aromatic rings. The Morgan fingerprint density at radius 1 is 1.09 bits per heavy atom. The van der Waals surface area contributed by atoms with Crippen LogP contribution in [0.2, 0.25) is 10.0 Å². The van der Waals surface area contributed by atoms with E-state index in [1.807, 2.05) is 0 Å². The maximum atomic E-state index is 13.0. The summed E-state index contributed by atoms with van der Waals surface area (Å²) in [6.45, 7) is 0.172. The molecule has 0 bridgehead atoms. The average Bonchev–Trinajstić information content (AvgIpc) is 2.83. The second-order valence-corrected chi connectivity index (χ2v) is 8.46. The number of amides is 1. The van der Waals surface area contributed by atoms with Gasteiger partial charge in [0.15, 0.2) is 0 Å². The predicted octanol–water partition coefficient (Wildman–Crippen LogP) is 1.04. The van der Waals surface area contributed by atoms with E-state index in [1.165, 1.54) is 11.0 Å². The van der Waals surface area contributed by atoms with E-state index in [2.05, 4.69) is 0 Å². The summed E-state index contributed by atoms with van der Waals surface area (Å²) in [5.74, 6) is -1.16. The molecule has 3 aromatic carbocycles. The van der Waals surface area contributed by atoms with Crippen molar-refractivity contribution < 1.29 is 58.8 Å². The Balaban J connectivity index is 0.00000342. The minimum atomic E-state index is -1.18. The number of rotatable bonds is 7. The van der Waals surface area contributed by atoms with Crippen LogP contribution in [0.1, 0.15) is 28.3 Å². The first-order chi connectivity index (χ1) is 16.4. The molecule has 0 aliphatic carbocycles. The van der Waals surface area contributed by atoms with Crippen molar-refractivity contribution >= 4 is 40.8 Å². The van der Waals surface area contributed by atoms with Gasteiger partial charge in [0.05, 0.1) is 18.2 Å². The quantitative estimate of drug-likeness (QED) is 0.464. The van der Waals surface area contributed by atoms with Gasteiger partial charge in [-0.2, -0.15) is 0 Å². The molecule has 35 heavy (non-hydrogen) atoms. The summed E-state index contributed by atoms with van der Waals surface area (Å²) in [5.41, 5.74) is 1.46. The third-order valence-electron chi connectivity index (χ3n) is 5.42. The number of anilines is 1. The minimum absolute atomic E-state index is 0. The average molecular weight is 524 g/mol. The minimum Gasteiger partial charge on any atom is -0.549 e. The van der Waals surface area contributed by atoms with Gasteiger partial charge in [0, 0.05) is 46.3 Å². The van der Waals surface area contributed by atoms with Gasteiger partial charge < -0.3 is 29.4 Å². The number of aliphatic carboxylic acids is 1. The van der Waals surface area contributed by atoms with Crippen LogP contribution in [0.15, 0.2) is 60.7 Å². The number of carboxylic acid groups (broad SMARTS) is 1. The zero-order chi connectivity index (χ0) is 24.2. The fraction of sp³-hybridized carbons (Fsp3) is 0.200. The van der Waals surface area contributed by atoms with E-state index in [1.54, 1.807) is 54.6 Å². The molecule has 0 radical (unpaired) electrons. The zero-order valence-corrected chi connectivity index (χ0v) is 22.4. The van der Waals surface area contributed by atoms with E-state index < -0.39 is 11.9 Å². The molecule has 4 rings (SSSR count). The summed E-state index contributed by atoms with van der Waals surface area (Å²) in [4.78, 5) is 25.9. The first-order valence-corrected chi connectivity index (χ1v) is 11.3. The summed E-state index contributed by atoms with van der Waals surface area (Å²) in [6.07, 6.45) is 0.310. The van der Waals surface area contributed by atoms with Crippen molar-refractivity contribution in [3.63, 3.8) is 0 Å². The van der Waals surface area contributed by atoms with Gasteiger partial charge in [-0.15, -0.1) is 0 Å². The standard InChI is InChI=1S/C25H21Cl2NO6.Na/c26-16-3-5-17(6-4-16)28(10-11-29)24(30)15-1-7-18(8-2-15)34-23-14-22-20(13-21(23)27)19(25(31)32)9-12-33-22;/h1-8,13-14,19,29H,9-12H2,(H,31,32);/q;+1/p-1. The Morgan fingerprint density at radius 2 is 1.77 bits per heavy atom. The summed E-state index contributed by atoms with van der Waals surface area (Å²) in [6, 6.07) is 16.3. The van der Waals surface area contributed by atoms with Crippen LogP contribution in [-0.2, 0) is 4.79 Å². The fourth-order valence-electron chi connectivity index (χ4n) is 3.73. The Labute approximate surface area is 234 Å². The van der Waals surface area contributed by atoms with Crippen molar-refractivity contribution in [2.75, 3.05) is 24.7 Å². The maximum absolute atomic E-state index is 13.0. The number of nitrogens with zero attached hydrogens (tertiary/aromatic N) is 1. The van der Waals surface area contributed by atoms with Crippen LogP contribution in [0.4, 0.5) is 5.69 Å². The van der Waals surface area contributed by atoms with E-state index in [-0.39, 0.29) is 60.2 Å². The first kappa shape index (κ1) is 27.3. The van der Waals surface area contributed by atoms with Crippen molar-refractivity contribution in [3.8, 4) is 17.2 Å². The number of aliphatic hydroxyl groups excluding tert-OH is 1. The van der Waals surface area contributed by atoms with Crippen molar-refractivity contribution in [1.82, 2.24) is 0 Å². The fourth-order valence-corrected chi connectivity index (χ4v) is 4.07. The summed E-state index contributed by atoms with van der Waals surface area (Å²) in [7, 11) is 0. The number of fused-ring (bicyclic) bond motifs is 1. The third kappa shape index (κ3) is 6.30. The van der Waals surface area contributed by atoms with E-state index in [9.17, 15) is 19.8 Å². The van der Waals surface area contributed by atoms with Gasteiger partial charge in [-0.05, 0) is 61.0 Å². The number of carbonyl (C=O) groups is 2. The molecular formula is C25H20Cl2NNaO6. The number of aliphatic hydroxyl groups is 1. The van der Waals surface area contributed by atoms with Crippen LogP contribution in [-0.4, -0.2) is 36.7 Å². The van der Waals surface area contributed by atoms with Crippen molar-refractivity contribution in [1.29, 1.82) is 0 Å². The van der Waals surface area contributed by atoms with Crippen LogP contribution in [0.5, 0.6) is 17.2 Å². The smallest absolute Gasteiger partial charge is 0.549 e. The SMILES string of the molecule is O=C([O-])C1CCOc2cc(Oc3ccc(C(=O)N(CCO)c4ccc(Cl)cc4)cc3)c(Cl)cc21.[Na+]. The van der Waals surface area contributed by atoms with Crippen LogP contribution in [0, 0.1) is 0 Å². The molecule has 1 aliphatic rings. The molecule has 1 aliphatic heterocycles. The van der Waals surface area contributed by atoms with Gasteiger partial charge in [0.2, 0.25) is 0 Å². The Morgan fingerprint density at radius 3 is 2.40 bits per heavy atom. The van der Waals surface area contributed by atoms with Gasteiger partial charge >= 0.3 is 29.6 Å². The zero-order valence-electron chi connectivity index (χ0n) is 18.9. The molecule has 0 aromatic heterocycles. The molecule has 0 saturated carbocycles. The van der Waals surface area contributed by atoms with E-state index in [4.69, 9.17) is 32.7 Å². The van der Waals surface area contributed by atoms with Gasteiger partial charge in [-0.1, -0.05) is 23.2 Å². The molecule has 1 N–H and O–H groups in total. The molecule has 10 heteroatoms. The molecule has 7 nitrogen and oxygen atoms in total. The summed E-state index contributed by atoms with van der Waals surface area (Å²) >= 11 is 12.3. The Bertz CT molecular complexity index is 1200. The Kier molecular flexibility index (Phi) is 9.47. The molecule has 0 fully saturated rings. The number of benzene rings is 3. The topological polar surface area (TPSA) is 99.1 Å². The second-order valence-electron chi connectivity index (χ2n) is 7.61. The molecule has 0 spiro atoms. The molecule has 1 heterocycles. The van der Waals surface area contributed by atoms with Crippen LogP contribution in [0.3, 0.4) is 0 Å². The molecule has 176 valence electrons.